The van der Waals surface area contributed by atoms with Gasteiger partial charge in [-0.3, -0.25) is 15.0 Å². The van der Waals surface area contributed by atoms with Gasteiger partial charge in [-0.2, -0.15) is 5.26 Å². The average molecular weight is 288 g/mol. The topological polar surface area (TPSA) is 82.2 Å². The quantitative estimate of drug-likeness (QED) is 0.587. The Bertz CT molecular complexity index is 549. The molecule has 6 nitrogen and oxygen atoms in total. The molecule has 0 unspecified atom stereocenters. The molecule has 1 aromatic carbocycles. The maximum absolute atomic E-state index is 11.0. The number of nitro groups is 1. The molecule has 1 fully saturated rings. The average Bonchev–Trinajstić information content (AvgIpc) is 3.28. The number of nitrogens with one attached hydrogen (secondary N) is 1. The summed E-state index contributed by atoms with van der Waals surface area (Å²) >= 11 is 0. The predicted octanol–water partition coefficient (Wildman–Crippen LogP) is 2.90. The van der Waals surface area contributed by atoms with Crippen LogP contribution >= 0.6 is 0 Å². The Morgan fingerprint density at radius 1 is 1.52 bits per heavy atom. The van der Waals surface area contributed by atoms with Crippen molar-refractivity contribution < 1.29 is 4.92 Å². The summed E-state index contributed by atoms with van der Waals surface area (Å²) in [4.78, 5) is 12.9. The molecule has 0 aromatic heterocycles. The van der Waals surface area contributed by atoms with E-state index in [0.29, 0.717) is 24.7 Å². The Hall–Kier alpha value is -2.13. The molecule has 0 heterocycles. The monoisotopic (exact) mass is 288 g/mol. The van der Waals surface area contributed by atoms with Crippen LogP contribution in [-0.4, -0.2) is 29.0 Å². The lowest BCUT2D eigenvalue weighted by Gasteiger charge is -2.21. The third-order valence-electron chi connectivity index (χ3n) is 3.58. The van der Waals surface area contributed by atoms with Crippen LogP contribution in [0.5, 0.6) is 0 Å². The van der Waals surface area contributed by atoms with Gasteiger partial charge >= 0.3 is 0 Å². The minimum absolute atomic E-state index is 0.107. The van der Waals surface area contributed by atoms with Crippen molar-refractivity contribution >= 4 is 11.4 Å². The second kappa shape index (κ2) is 7.04. The Morgan fingerprint density at radius 3 is 2.86 bits per heavy atom. The molecule has 21 heavy (non-hydrogen) atoms. The Kier molecular flexibility index (Phi) is 5.12. The highest BCUT2D eigenvalue weighted by Gasteiger charge is 2.28. The van der Waals surface area contributed by atoms with E-state index in [4.69, 9.17) is 5.26 Å². The zero-order valence-corrected chi connectivity index (χ0v) is 12.2. The molecule has 1 aromatic rings. The summed E-state index contributed by atoms with van der Waals surface area (Å²) in [6.07, 6.45) is 2.88. The van der Waals surface area contributed by atoms with Gasteiger partial charge in [-0.1, -0.05) is 6.07 Å². The Labute approximate surface area is 124 Å². The number of nitro benzene ring substituents is 1. The van der Waals surface area contributed by atoms with Gasteiger partial charge in [0.25, 0.3) is 5.69 Å². The van der Waals surface area contributed by atoms with Gasteiger partial charge in [0.05, 0.1) is 11.0 Å². The number of nitriles is 1. The third-order valence-corrected chi connectivity index (χ3v) is 3.58. The highest BCUT2D eigenvalue weighted by Crippen LogP contribution is 2.30. The van der Waals surface area contributed by atoms with Crippen molar-refractivity contribution in [3.05, 3.63) is 33.9 Å². The molecule has 0 amide bonds. The first-order valence-corrected chi connectivity index (χ1v) is 7.28. The summed E-state index contributed by atoms with van der Waals surface area (Å²) in [5.74, 6) is 0. The smallest absolute Gasteiger partial charge is 0.292 e. The zero-order chi connectivity index (χ0) is 15.2. The van der Waals surface area contributed by atoms with Gasteiger partial charge < -0.3 is 5.32 Å². The molecule has 6 heteroatoms. The molecule has 0 bridgehead atoms. The van der Waals surface area contributed by atoms with E-state index in [1.165, 1.54) is 12.8 Å². The van der Waals surface area contributed by atoms with Crippen LogP contribution in [0.15, 0.2) is 18.2 Å². The van der Waals surface area contributed by atoms with Gasteiger partial charge in [0.15, 0.2) is 0 Å². The van der Waals surface area contributed by atoms with Gasteiger partial charge in [-0.05, 0) is 31.4 Å². The van der Waals surface area contributed by atoms with Gasteiger partial charge in [0.2, 0.25) is 0 Å². The van der Waals surface area contributed by atoms with E-state index in [0.717, 1.165) is 18.7 Å². The number of nitrogens with zero attached hydrogens (tertiary/aromatic N) is 3. The van der Waals surface area contributed by atoms with Crippen LogP contribution in [0.25, 0.3) is 0 Å². The SMILES string of the molecule is CCNc1cc(CN(CCC#N)C2CC2)ccc1[N+](=O)[O-]. The summed E-state index contributed by atoms with van der Waals surface area (Å²) in [7, 11) is 0. The first-order chi connectivity index (χ1) is 10.2. The molecular weight excluding hydrogens is 268 g/mol. The van der Waals surface area contributed by atoms with Crippen molar-refractivity contribution in [2.45, 2.75) is 38.8 Å². The molecule has 0 aliphatic heterocycles. The van der Waals surface area contributed by atoms with Crippen LogP contribution in [0.3, 0.4) is 0 Å². The number of rotatable bonds is 8. The van der Waals surface area contributed by atoms with E-state index in [1.54, 1.807) is 12.1 Å². The molecule has 112 valence electrons. The van der Waals surface area contributed by atoms with Gasteiger partial charge in [0, 0.05) is 38.2 Å². The Morgan fingerprint density at radius 2 is 2.29 bits per heavy atom. The van der Waals surface area contributed by atoms with E-state index in [9.17, 15) is 10.1 Å². The third kappa shape index (κ3) is 4.17. The fourth-order valence-electron chi connectivity index (χ4n) is 2.43. The lowest BCUT2D eigenvalue weighted by molar-refractivity contribution is -0.384. The van der Waals surface area contributed by atoms with Crippen molar-refractivity contribution in [1.82, 2.24) is 4.90 Å². The second-order valence-electron chi connectivity index (χ2n) is 5.25. The van der Waals surface area contributed by atoms with Gasteiger partial charge in [-0.25, -0.2) is 0 Å². The van der Waals surface area contributed by atoms with Crippen LogP contribution in [0.4, 0.5) is 11.4 Å². The second-order valence-corrected chi connectivity index (χ2v) is 5.25. The fraction of sp³-hybridized carbons (Fsp3) is 0.533. The fourth-order valence-corrected chi connectivity index (χ4v) is 2.43. The molecule has 0 radical (unpaired) electrons. The number of benzene rings is 1. The molecule has 1 aliphatic rings. The summed E-state index contributed by atoms with van der Waals surface area (Å²) in [5.41, 5.74) is 1.72. The molecule has 0 atom stereocenters. The van der Waals surface area contributed by atoms with Crippen molar-refractivity contribution in [2.75, 3.05) is 18.4 Å². The van der Waals surface area contributed by atoms with Crippen LogP contribution in [0.2, 0.25) is 0 Å². The molecular formula is C15H20N4O2. The normalized spacial score (nSPS) is 14.0. The number of hydrogen-bond donors (Lipinski definition) is 1. The van der Waals surface area contributed by atoms with Crippen molar-refractivity contribution in [2.24, 2.45) is 0 Å². The highest BCUT2D eigenvalue weighted by atomic mass is 16.6. The van der Waals surface area contributed by atoms with E-state index < -0.39 is 0 Å². The number of anilines is 1. The van der Waals surface area contributed by atoms with E-state index in [2.05, 4.69) is 16.3 Å². The standard InChI is InChI=1S/C15H20N4O2/c1-2-17-14-10-12(4-7-15(14)19(20)21)11-18(9-3-8-16)13-5-6-13/h4,7,10,13,17H,2-3,5-6,9,11H2,1H3. The summed E-state index contributed by atoms with van der Waals surface area (Å²) in [6.45, 7) is 4.06. The lowest BCUT2D eigenvalue weighted by Crippen LogP contribution is -2.26. The maximum atomic E-state index is 11.0. The molecule has 0 spiro atoms. The molecule has 1 N–H and O–H groups in total. The summed E-state index contributed by atoms with van der Waals surface area (Å²) in [6, 6.07) is 7.96. The maximum Gasteiger partial charge on any atom is 0.292 e. The highest BCUT2D eigenvalue weighted by molar-refractivity contribution is 5.62. The number of hydrogen-bond acceptors (Lipinski definition) is 5. The largest absolute Gasteiger partial charge is 0.380 e. The van der Waals surface area contributed by atoms with Gasteiger partial charge in [-0.15, -0.1) is 0 Å². The van der Waals surface area contributed by atoms with Crippen LogP contribution in [-0.2, 0) is 6.54 Å². The zero-order valence-electron chi connectivity index (χ0n) is 12.2. The van der Waals surface area contributed by atoms with Crippen molar-refractivity contribution in [3.63, 3.8) is 0 Å². The van der Waals surface area contributed by atoms with E-state index in [-0.39, 0.29) is 10.6 Å². The molecule has 1 saturated carbocycles. The van der Waals surface area contributed by atoms with E-state index in [1.807, 2.05) is 13.0 Å². The van der Waals surface area contributed by atoms with Crippen molar-refractivity contribution in [1.29, 1.82) is 5.26 Å². The minimum Gasteiger partial charge on any atom is -0.380 e. The first-order valence-electron chi connectivity index (χ1n) is 7.28. The van der Waals surface area contributed by atoms with E-state index >= 15 is 0 Å². The minimum atomic E-state index is -0.365. The summed E-state index contributed by atoms with van der Waals surface area (Å²) < 4.78 is 0. The van der Waals surface area contributed by atoms with Gasteiger partial charge in [0.1, 0.15) is 5.69 Å². The van der Waals surface area contributed by atoms with Crippen molar-refractivity contribution in [3.8, 4) is 6.07 Å². The predicted molar refractivity (Wildman–Crippen MR) is 80.9 cm³/mol. The molecule has 1 aliphatic carbocycles. The van der Waals surface area contributed by atoms with Crippen LogP contribution in [0.1, 0.15) is 31.7 Å². The Balaban J connectivity index is 2.13. The van der Waals surface area contributed by atoms with Crippen LogP contribution < -0.4 is 5.32 Å². The molecule has 0 saturated heterocycles. The summed E-state index contributed by atoms with van der Waals surface area (Å²) in [5, 5.41) is 22.8. The van der Waals surface area contributed by atoms with Crippen LogP contribution in [0, 0.1) is 21.4 Å². The first kappa shape index (κ1) is 15.3. The molecule has 2 rings (SSSR count). The lowest BCUT2D eigenvalue weighted by atomic mass is 10.1.